The third kappa shape index (κ3) is 8.11. The molecule has 0 spiro atoms. The van der Waals surface area contributed by atoms with Crippen molar-refractivity contribution in [3.8, 4) is 5.75 Å². The zero-order valence-corrected chi connectivity index (χ0v) is 22.4. The normalized spacial score (nSPS) is 13.2. The molecule has 0 atom stereocenters. The molecule has 0 saturated heterocycles. The van der Waals surface area contributed by atoms with Crippen LogP contribution in [-0.4, -0.2) is 53.2 Å². The maximum atomic E-state index is 13.4. The molecule has 2 amide bonds. The minimum atomic E-state index is -4.45. The van der Waals surface area contributed by atoms with Crippen molar-refractivity contribution in [1.29, 1.82) is 0 Å². The number of hydrogen-bond acceptors (Lipinski definition) is 5. The van der Waals surface area contributed by atoms with E-state index >= 15 is 0 Å². The van der Waals surface area contributed by atoms with Crippen LogP contribution in [0.5, 0.6) is 5.75 Å². The number of hydrogen-bond donors (Lipinski definition) is 1. The summed E-state index contributed by atoms with van der Waals surface area (Å²) in [5.74, 6) is -1.05. The standard InChI is InChI=1S/C28H33F3N2O6/c1-5-19-7-6-18(14-22(19)28(29,30)31)17-38-21-8-9-23-20(15-21)10-13-33(23)24(34)16-32(12-11-25(35)36)26(37)39-27(2,3)4/h6-9,14-15H,5,10-13,16-17H2,1-4H3,(H,35,36). The summed E-state index contributed by atoms with van der Waals surface area (Å²) in [6, 6.07) is 9.24. The fourth-order valence-electron chi connectivity index (χ4n) is 4.22. The summed E-state index contributed by atoms with van der Waals surface area (Å²) in [4.78, 5) is 39.3. The summed E-state index contributed by atoms with van der Waals surface area (Å²) in [7, 11) is 0. The molecule has 0 saturated carbocycles. The molecule has 2 aromatic carbocycles. The second-order valence-electron chi connectivity index (χ2n) is 10.3. The van der Waals surface area contributed by atoms with Crippen LogP contribution in [0.1, 0.15) is 56.4 Å². The maximum absolute atomic E-state index is 13.4. The van der Waals surface area contributed by atoms with Crippen LogP contribution < -0.4 is 9.64 Å². The van der Waals surface area contributed by atoms with Gasteiger partial charge in [-0.05, 0) is 74.6 Å². The average Bonchev–Trinajstić information content (AvgIpc) is 3.26. The topological polar surface area (TPSA) is 96.4 Å². The van der Waals surface area contributed by atoms with Crippen LogP contribution in [0.25, 0.3) is 0 Å². The summed E-state index contributed by atoms with van der Waals surface area (Å²) >= 11 is 0. The number of halogens is 3. The van der Waals surface area contributed by atoms with Crippen molar-refractivity contribution in [3.05, 3.63) is 58.7 Å². The number of rotatable bonds is 9. The van der Waals surface area contributed by atoms with Crippen LogP contribution in [0.15, 0.2) is 36.4 Å². The first kappa shape index (κ1) is 29.8. The molecule has 212 valence electrons. The third-order valence-corrected chi connectivity index (χ3v) is 6.09. The average molecular weight is 551 g/mol. The van der Waals surface area contributed by atoms with Gasteiger partial charge in [0.25, 0.3) is 0 Å². The number of ether oxygens (including phenoxy) is 2. The number of anilines is 1. The first-order valence-electron chi connectivity index (χ1n) is 12.6. The molecule has 3 rings (SSSR count). The van der Waals surface area contributed by atoms with Crippen molar-refractivity contribution in [2.45, 2.75) is 65.3 Å². The van der Waals surface area contributed by atoms with Crippen LogP contribution in [0.4, 0.5) is 23.7 Å². The number of carbonyl (C=O) groups is 3. The highest BCUT2D eigenvalue weighted by Crippen LogP contribution is 2.34. The van der Waals surface area contributed by atoms with Crippen molar-refractivity contribution >= 4 is 23.7 Å². The predicted molar refractivity (Wildman–Crippen MR) is 138 cm³/mol. The van der Waals surface area contributed by atoms with Gasteiger partial charge in [0.05, 0.1) is 12.0 Å². The van der Waals surface area contributed by atoms with Gasteiger partial charge in [0, 0.05) is 18.8 Å². The number of carboxylic acid groups (broad SMARTS) is 1. The van der Waals surface area contributed by atoms with Crippen LogP contribution in [0, 0.1) is 0 Å². The molecule has 39 heavy (non-hydrogen) atoms. The van der Waals surface area contributed by atoms with Crippen molar-refractivity contribution in [1.82, 2.24) is 4.90 Å². The lowest BCUT2D eigenvalue weighted by molar-refractivity contribution is -0.138. The Bertz CT molecular complexity index is 1220. The van der Waals surface area contributed by atoms with E-state index in [4.69, 9.17) is 14.6 Å². The molecule has 0 bridgehead atoms. The summed E-state index contributed by atoms with van der Waals surface area (Å²) in [5.41, 5.74) is 0.568. The smallest absolute Gasteiger partial charge is 0.416 e. The lowest BCUT2D eigenvalue weighted by atomic mass is 10.0. The number of alkyl halides is 3. The molecule has 1 N–H and O–H groups in total. The van der Waals surface area contributed by atoms with Crippen molar-refractivity contribution in [2.75, 3.05) is 24.5 Å². The van der Waals surface area contributed by atoms with E-state index in [0.717, 1.165) is 16.5 Å². The molecule has 2 aromatic rings. The molecule has 0 radical (unpaired) electrons. The summed E-state index contributed by atoms with van der Waals surface area (Å²) in [6.07, 6.45) is -4.78. The summed E-state index contributed by atoms with van der Waals surface area (Å²) < 4.78 is 51.2. The van der Waals surface area contributed by atoms with Gasteiger partial charge in [0.15, 0.2) is 0 Å². The summed E-state index contributed by atoms with van der Waals surface area (Å²) in [6.45, 7) is 6.46. The van der Waals surface area contributed by atoms with E-state index < -0.39 is 35.3 Å². The Morgan fingerprint density at radius 2 is 1.79 bits per heavy atom. The van der Waals surface area contributed by atoms with Crippen LogP contribution in [0.3, 0.4) is 0 Å². The molecule has 0 unspecified atom stereocenters. The number of carbonyl (C=O) groups excluding carboxylic acids is 2. The Hall–Kier alpha value is -3.76. The van der Waals surface area contributed by atoms with E-state index in [1.807, 2.05) is 0 Å². The molecular weight excluding hydrogens is 517 g/mol. The van der Waals surface area contributed by atoms with Gasteiger partial charge < -0.3 is 19.5 Å². The molecule has 11 heteroatoms. The molecule has 0 aliphatic carbocycles. The van der Waals surface area contributed by atoms with Gasteiger partial charge in [-0.2, -0.15) is 13.2 Å². The SMILES string of the molecule is CCc1ccc(COc2ccc3c(c2)CCN3C(=O)CN(CCC(=O)O)C(=O)OC(C)(C)C)cc1C(F)(F)F. The zero-order valence-electron chi connectivity index (χ0n) is 22.4. The highest BCUT2D eigenvalue weighted by molar-refractivity contribution is 5.98. The van der Waals surface area contributed by atoms with Crippen molar-refractivity contribution in [2.24, 2.45) is 0 Å². The number of aliphatic carboxylic acids is 1. The Kier molecular flexibility index (Phi) is 9.14. The quantitative estimate of drug-likeness (QED) is 0.446. The van der Waals surface area contributed by atoms with Crippen LogP contribution >= 0.6 is 0 Å². The van der Waals surface area contributed by atoms with E-state index in [1.165, 1.54) is 11.0 Å². The van der Waals surface area contributed by atoms with Gasteiger partial charge in [-0.3, -0.25) is 14.5 Å². The van der Waals surface area contributed by atoms with Gasteiger partial charge in [0.1, 0.15) is 24.5 Å². The van der Waals surface area contributed by atoms with Gasteiger partial charge in [0.2, 0.25) is 5.91 Å². The Morgan fingerprint density at radius 1 is 1.08 bits per heavy atom. The van der Waals surface area contributed by atoms with E-state index in [-0.39, 0.29) is 38.1 Å². The highest BCUT2D eigenvalue weighted by atomic mass is 19.4. The number of amides is 2. The third-order valence-electron chi connectivity index (χ3n) is 6.09. The van der Waals surface area contributed by atoms with Crippen LogP contribution in [-0.2, 0) is 40.0 Å². The predicted octanol–water partition coefficient (Wildman–Crippen LogP) is 5.45. The zero-order chi connectivity index (χ0) is 29.0. The number of aryl methyl sites for hydroxylation is 1. The second kappa shape index (κ2) is 12.0. The van der Waals surface area contributed by atoms with Crippen molar-refractivity contribution < 1.29 is 42.1 Å². The number of fused-ring (bicyclic) bond motifs is 1. The molecular formula is C28H33F3N2O6. The second-order valence-corrected chi connectivity index (χ2v) is 10.3. The lowest BCUT2D eigenvalue weighted by Gasteiger charge is -2.28. The molecule has 1 aliphatic rings. The first-order valence-corrected chi connectivity index (χ1v) is 12.6. The van der Waals surface area contributed by atoms with Gasteiger partial charge >= 0.3 is 18.2 Å². The molecule has 0 aromatic heterocycles. The molecule has 1 heterocycles. The number of benzene rings is 2. The van der Waals surface area contributed by atoms with Gasteiger partial charge in [-0.15, -0.1) is 0 Å². The van der Waals surface area contributed by atoms with Gasteiger partial charge in [-0.1, -0.05) is 19.1 Å². The number of carboxylic acids is 1. The minimum Gasteiger partial charge on any atom is -0.489 e. The van der Waals surface area contributed by atoms with Gasteiger partial charge in [-0.25, -0.2) is 4.79 Å². The van der Waals surface area contributed by atoms with Crippen LogP contribution in [0.2, 0.25) is 0 Å². The Morgan fingerprint density at radius 3 is 2.41 bits per heavy atom. The monoisotopic (exact) mass is 550 g/mol. The first-order chi connectivity index (χ1) is 18.2. The van der Waals surface area contributed by atoms with E-state index in [9.17, 15) is 27.6 Å². The highest BCUT2D eigenvalue weighted by Gasteiger charge is 2.33. The lowest BCUT2D eigenvalue weighted by Crippen LogP contribution is -2.45. The molecule has 1 aliphatic heterocycles. The van der Waals surface area contributed by atoms with E-state index in [1.54, 1.807) is 52.0 Å². The fourth-order valence-corrected chi connectivity index (χ4v) is 4.22. The Labute approximate surface area is 225 Å². The molecule has 8 nitrogen and oxygen atoms in total. The van der Waals surface area contributed by atoms with E-state index in [0.29, 0.717) is 30.0 Å². The largest absolute Gasteiger partial charge is 0.489 e. The fraction of sp³-hybridized carbons (Fsp3) is 0.464. The van der Waals surface area contributed by atoms with E-state index in [2.05, 4.69) is 0 Å². The number of nitrogens with zero attached hydrogens (tertiary/aromatic N) is 2. The minimum absolute atomic E-state index is 0.0526. The molecule has 0 fully saturated rings. The van der Waals surface area contributed by atoms with Crippen molar-refractivity contribution in [3.63, 3.8) is 0 Å². The maximum Gasteiger partial charge on any atom is 0.416 e. The Balaban J connectivity index is 1.69. The summed E-state index contributed by atoms with van der Waals surface area (Å²) in [5, 5.41) is 9.03.